The molecule has 1 aromatic heterocycles. The zero-order valence-corrected chi connectivity index (χ0v) is 8.59. The lowest BCUT2D eigenvalue weighted by Crippen LogP contribution is -1.85. The molecule has 0 radical (unpaired) electrons. The average molecular weight is 224 g/mol. The number of hydrogen-bond donors (Lipinski definition) is 2. The molecule has 1 aromatic rings. The van der Waals surface area contributed by atoms with Crippen LogP contribution in [0.3, 0.4) is 0 Å². The molecule has 0 aliphatic carbocycles. The van der Waals surface area contributed by atoms with Gasteiger partial charge in [0.05, 0.1) is 6.61 Å². The maximum Gasteiger partial charge on any atom is 0.332 e. The molecule has 0 amide bonds. The van der Waals surface area contributed by atoms with E-state index in [1.165, 1.54) is 7.11 Å². The van der Waals surface area contributed by atoms with Crippen LogP contribution in [0.2, 0.25) is 0 Å². The fraction of sp³-hybridized carbons (Fsp3) is 0.600. The quantitative estimate of drug-likeness (QED) is 0.717. The highest BCUT2D eigenvalue weighted by atomic mass is 32.1. The van der Waals surface area contributed by atoms with Crippen molar-refractivity contribution in [3.05, 3.63) is 10.0 Å². The van der Waals surface area contributed by atoms with E-state index in [2.05, 4.69) is 10.2 Å². The molecule has 13 heavy (non-hydrogen) atoms. The van der Waals surface area contributed by atoms with Crippen LogP contribution in [0.5, 0.6) is 0 Å². The minimum absolute atomic E-state index is 0.318. The first kappa shape index (κ1) is 10.7. The summed E-state index contributed by atoms with van der Waals surface area (Å²) in [5.74, 6) is 0. The lowest BCUT2D eigenvalue weighted by molar-refractivity contribution is 0.184. The molecule has 1 rings (SSSR count). The van der Waals surface area contributed by atoms with Crippen molar-refractivity contribution in [3.8, 4) is 0 Å². The van der Waals surface area contributed by atoms with Crippen LogP contribution in [0.15, 0.2) is 0 Å². The molecule has 0 aromatic carbocycles. The van der Waals surface area contributed by atoms with E-state index in [0.29, 0.717) is 16.6 Å². The summed E-state index contributed by atoms with van der Waals surface area (Å²) in [4.78, 5) is 17.3. The Morgan fingerprint density at radius 2 is 2.08 bits per heavy atom. The third-order valence-electron chi connectivity index (χ3n) is 1.12. The van der Waals surface area contributed by atoms with E-state index in [1.54, 1.807) is 0 Å². The molecular formula is C5H9N2O4PS. The predicted molar refractivity (Wildman–Crippen MR) is 46.4 cm³/mol. The van der Waals surface area contributed by atoms with E-state index in [0.717, 1.165) is 11.3 Å². The first-order chi connectivity index (χ1) is 6.01. The van der Waals surface area contributed by atoms with Crippen LogP contribution in [0.25, 0.3) is 0 Å². The molecule has 6 nitrogen and oxygen atoms in total. The van der Waals surface area contributed by atoms with Gasteiger partial charge in [0.2, 0.25) is 0 Å². The fourth-order valence-corrected chi connectivity index (χ4v) is 2.50. The number of methoxy groups -OCH3 is 1. The van der Waals surface area contributed by atoms with Crippen molar-refractivity contribution in [2.45, 2.75) is 12.8 Å². The van der Waals surface area contributed by atoms with Crippen molar-refractivity contribution in [2.24, 2.45) is 0 Å². The smallest absolute Gasteiger partial charge is 0.332 e. The molecule has 0 aliphatic heterocycles. The number of rotatable bonds is 4. The van der Waals surface area contributed by atoms with Crippen LogP contribution < -0.4 is 0 Å². The minimum Gasteiger partial charge on any atom is -0.377 e. The molecule has 74 valence electrons. The summed E-state index contributed by atoms with van der Waals surface area (Å²) in [6.45, 7) is 0.318. The van der Waals surface area contributed by atoms with E-state index in [1.807, 2.05) is 0 Å². The third kappa shape index (κ3) is 3.93. The van der Waals surface area contributed by atoms with Crippen LogP contribution in [0.4, 0.5) is 0 Å². The molecule has 0 saturated heterocycles. The number of ether oxygens (including phenoxy) is 1. The van der Waals surface area contributed by atoms with Gasteiger partial charge in [0.25, 0.3) is 0 Å². The summed E-state index contributed by atoms with van der Waals surface area (Å²) in [6, 6.07) is 0. The summed E-state index contributed by atoms with van der Waals surface area (Å²) in [5, 5.41) is 8.26. The molecule has 0 saturated carbocycles. The van der Waals surface area contributed by atoms with E-state index >= 15 is 0 Å². The predicted octanol–water partition coefficient (Wildman–Crippen LogP) is 0.362. The van der Waals surface area contributed by atoms with Gasteiger partial charge in [-0.3, -0.25) is 4.57 Å². The zero-order valence-electron chi connectivity index (χ0n) is 6.88. The summed E-state index contributed by atoms with van der Waals surface area (Å²) in [6.07, 6.45) is -0.353. The van der Waals surface area contributed by atoms with Crippen molar-refractivity contribution in [3.63, 3.8) is 0 Å². The number of hydrogen-bond acceptors (Lipinski definition) is 5. The van der Waals surface area contributed by atoms with Crippen LogP contribution in [-0.2, 0) is 22.1 Å². The van der Waals surface area contributed by atoms with Crippen molar-refractivity contribution < 1.29 is 19.1 Å². The van der Waals surface area contributed by atoms with Crippen molar-refractivity contribution in [2.75, 3.05) is 7.11 Å². The van der Waals surface area contributed by atoms with Gasteiger partial charge in [-0.1, -0.05) is 11.3 Å². The van der Waals surface area contributed by atoms with Gasteiger partial charge in [-0.05, 0) is 0 Å². The highest BCUT2D eigenvalue weighted by Gasteiger charge is 2.17. The van der Waals surface area contributed by atoms with Crippen LogP contribution in [-0.4, -0.2) is 27.1 Å². The number of aromatic nitrogens is 2. The Morgan fingerprint density at radius 3 is 2.62 bits per heavy atom. The summed E-state index contributed by atoms with van der Waals surface area (Å²) < 4.78 is 15.4. The maximum absolute atomic E-state index is 10.6. The van der Waals surface area contributed by atoms with E-state index in [-0.39, 0.29) is 6.16 Å². The fourth-order valence-electron chi connectivity index (χ4n) is 0.710. The SMILES string of the molecule is COCc1nnc(CP(=O)(O)O)s1. The van der Waals surface area contributed by atoms with Gasteiger partial charge in [0.1, 0.15) is 16.2 Å². The first-order valence-electron chi connectivity index (χ1n) is 3.36. The molecule has 1 heterocycles. The van der Waals surface area contributed by atoms with Crippen LogP contribution >= 0.6 is 18.9 Å². The molecule has 8 heteroatoms. The Bertz CT molecular complexity index is 322. The molecule has 0 unspecified atom stereocenters. The maximum atomic E-state index is 10.6. The van der Waals surface area contributed by atoms with Gasteiger partial charge in [0.15, 0.2) is 0 Å². The lowest BCUT2D eigenvalue weighted by atomic mass is 10.8. The van der Waals surface area contributed by atoms with Gasteiger partial charge in [-0.25, -0.2) is 0 Å². The normalized spacial score (nSPS) is 11.9. The Kier molecular flexibility index (Phi) is 3.52. The Hall–Kier alpha value is -0.330. The van der Waals surface area contributed by atoms with Crippen LogP contribution in [0, 0.1) is 0 Å². The van der Waals surface area contributed by atoms with Crippen molar-refractivity contribution >= 4 is 18.9 Å². The molecule has 0 aliphatic rings. The van der Waals surface area contributed by atoms with Gasteiger partial charge in [0, 0.05) is 7.11 Å². The Morgan fingerprint density at radius 1 is 1.46 bits per heavy atom. The monoisotopic (exact) mass is 224 g/mol. The largest absolute Gasteiger partial charge is 0.377 e. The Balaban J connectivity index is 2.64. The molecule has 2 N–H and O–H groups in total. The summed E-state index contributed by atoms with van der Waals surface area (Å²) >= 11 is 1.14. The highest BCUT2D eigenvalue weighted by molar-refractivity contribution is 7.51. The molecule has 0 atom stereocenters. The first-order valence-corrected chi connectivity index (χ1v) is 5.97. The van der Waals surface area contributed by atoms with Crippen molar-refractivity contribution in [1.29, 1.82) is 0 Å². The van der Waals surface area contributed by atoms with E-state index in [9.17, 15) is 4.57 Å². The molecule has 0 spiro atoms. The van der Waals surface area contributed by atoms with E-state index < -0.39 is 7.60 Å². The van der Waals surface area contributed by atoms with E-state index in [4.69, 9.17) is 14.5 Å². The molecule has 0 bridgehead atoms. The second-order valence-corrected chi connectivity index (χ2v) is 5.14. The van der Waals surface area contributed by atoms with Crippen LogP contribution in [0.1, 0.15) is 10.0 Å². The minimum atomic E-state index is -4.03. The lowest BCUT2D eigenvalue weighted by Gasteiger charge is -1.97. The summed E-state index contributed by atoms with van der Waals surface area (Å²) in [7, 11) is -2.51. The standard InChI is InChI=1S/C5H9N2O4PS/c1-11-2-4-6-7-5(13-4)3-12(8,9)10/h2-3H2,1H3,(H2,8,9,10). The average Bonchev–Trinajstić information content (AvgIpc) is 2.33. The molecule has 0 fully saturated rings. The van der Waals surface area contributed by atoms with Gasteiger partial charge >= 0.3 is 7.60 Å². The van der Waals surface area contributed by atoms with Gasteiger partial charge < -0.3 is 14.5 Å². The second kappa shape index (κ2) is 4.26. The van der Waals surface area contributed by atoms with Crippen molar-refractivity contribution in [1.82, 2.24) is 10.2 Å². The van der Waals surface area contributed by atoms with Gasteiger partial charge in [-0.2, -0.15) is 0 Å². The zero-order chi connectivity index (χ0) is 9.90. The second-order valence-electron chi connectivity index (χ2n) is 2.35. The third-order valence-corrected chi connectivity index (χ3v) is 2.94. The Labute approximate surface area is 78.7 Å². The van der Waals surface area contributed by atoms with Gasteiger partial charge in [-0.15, -0.1) is 10.2 Å². The number of nitrogens with zero attached hydrogens (tertiary/aromatic N) is 2. The molecular weight excluding hydrogens is 215 g/mol. The summed E-state index contributed by atoms with van der Waals surface area (Å²) in [5.41, 5.74) is 0. The topological polar surface area (TPSA) is 92.5 Å². The highest BCUT2D eigenvalue weighted by Crippen LogP contribution is 2.39.